The van der Waals surface area contributed by atoms with Crippen molar-refractivity contribution in [3.8, 4) is 16.9 Å². The molecule has 0 aliphatic rings. The number of anilines is 1. The van der Waals surface area contributed by atoms with Gasteiger partial charge in [0.2, 0.25) is 0 Å². The molecule has 0 aliphatic heterocycles. The van der Waals surface area contributed by atoms with Crippen molar-refractivity contribution in [3.63, 3.8) is 0 Å². The van der Waals surface area contributed by atoms with Crippen molar-refractivity contribution < 1.29 is 23.0 Å². The van der Waals surface area contributed by atoms with E-state index in [0.717, 1.165) is 5.56 Å². The average molecular weight is 374 g/mol. The van der Waals surface area contributed by atoms with Gasteiger partial charge in [-0.25, -0.2) is 0 Å². The molecule has 0 radical (unpaired) electrons. The largest absolute Gasteiger partial charge is 0.573 e. The van der Waals surface area contributed by atoms with Gasteiger partial charge < -0.3 is 15.2 Å². The Labute approximate surface area is 154 Å². The molecule has 140 valence electrons. The van der Waals surface area contributed by atoms with E-state index in [0.29, 0.717) is 16.8 Å². The van der Waals surface area contributed by atoms with Crippen LogP contribution in [0.2, 0.25) is 0 Å². The van der Waals surface area contributed by atoms with Crippen LogP contribution in [0.4, 0.5) is 18.9 Å². The molecule has 0 fully saturated rings. The van der Waals surface area contributed by atoms with Crippen molar-refractivity contribution in [1.29, 1.82) is 0 Å². The van der Waals surface area contributed by atoms with E-state index in [1.165, 1.54) is 18.2 Å². The highest BCUT2D eigenvalue weighted by molar-refractivity contribution is 5.68. The molecule has 27 heavy (non-hydrogen) atoms. The summed E-state index contributed by atoms with van der Waals surface area (Å²) in [6.45, 7) is -0.122. The molecule has 3 aromatic rings. The van der Waals surface area contributed by atoms with Crippen molar-refractivity contribution in [2.24, 2.45) is 0 Å². The number of nitrogens with zero attached hydrogens (tertiary/aromatic N) is 1. The molecule has 2 aromatic carbocycles. The Hall–Kier alpha value is -3.06. The van der Waals surface area contributed by atoms with Crippen LogP contribution in [0.5, 0.6) is 5.75 Å². The summed E-state index contributed by atoms with van der Waals surface area (Å²) in [6, 6.07) is 16.5. The lowest BCUT2D eigenvalue weighted by Crippen LogP contribution is -2.17. The van der Waals surface area contributed by atoms with Gasteiger partial charge in [0.05, 0.1) is 18.3 Å². The molecule has 1 heterocycles. The fraction of sp³-hybridized carbons (Fsp3) is 0.150. The summed E-state index contributed by atoms with van der Waals surface area (Å²) in [4.78, 5) is 4.14. The third-order valence-electron chi connectivity index (χ3n) is 3.86. The number of benzene rings is 2. The lowest BCUT2D eigenvalue weighted by molar-refractivity contribution is -0.274. The zero-order valence-corrected chi connectivity index (χ0v) is 14.1. The van der Waals surface area contributed by atoms with E-state index in [2.05, 4.69) is 15.0 Å². The molecule has 1 atom stereocenters. The topological polar surface area (TPSA) is 54.4 Å². The average Bonchev–Trinajstić information content (AvgIpc) is 2.66. The van der Waals surface area contributed by atoms with Gasteiger partial charge in [-0.05, 0) is 29.3 Å². The van der Waals surface area contributed by atoms with Gasteiger partial charge in [-0.15, -0.1) is 13.2 Å². The minimum atomic E-state index is -4.75. The molecule has 3 rings (SSSR count). The summed E-state index contributed by atoms with van der Waals surface area (Å²) in [5.41, 5.74) is 2.70. The number of ether oxygens (including phenoxy) is 1. The second-order valence-corrected chi connectivity index (χ2v) is 5.83. The molecule has 0 spiro atoms. The normalized spacial score (nSPS) is 12.4. The highest BCUT2D eigenvalue weighted by Gasteiger charge is 2.31. The van der Waals surface area contributed by atoms with Crippen LogP contribution < -0.4 is 10.1 Å². The molecule has 0 saturated carbocycles. The first-order valence-electron chi connectivity index (χ1n) is 8.18. The molecule has 0 saturated heterocycles. The lowest BCUT2D eigenvalue weighted by atomic mass is 10.1. The quantitative estimate of drug-likeness (QED) is 0.651. The first-order valence-corrected chi connectivity index (χ1v) is 8.18. The summed E-state index contributed by atoms with van der Waals surface area (Å²) < 4.78 is 41.2. The Morgan fingerprint density at radius 2 is 1.74 bits per heavy atom. The van der Waals surface area contributed by atoms with Gasteiger partial charge in [-0.1, -0.05) is 42.5 Å². The van der Waals surface area contributed by atoms with Gasteiger partial charge in [-0.3, -0.25) is 4.98 Å². The van der Waals surface area contributed by atoms with Crippen molar-refractivity contribution in [1.82, 2.24) is 4.98 Å². The summed E-state index contributed by atoms with van der Waals surface area (Å²) in [5.74, 6) is -0.295. The molecule has 0 bridgehead atoms. The van der Waals surface area contributed by atoms with E-state index >= 15 is 0 Å². The number of nitrogens with one attached hydrogen (secondary N) is 1. The predicted molar refractivity (Wildman–Crippen MR) is 96.2 cm³/mol. The summed E-state index contributed by atoms with van der Waals surface area (Å²) >= 11 is 0. The lowest BCUT2D eigenvalue weighted by Gasteiger charge is -2.18. The van der Waals surface area contributed by atoms with E-state index in [9.17, 15) is 18.3 Å². The maximum Gasteiger partial charge on any atom is 0.573 e. The van der Waals surface area contributed by atoms with Gasteiger partial charge in [0.1, 0.15) is 5.75 Å². The minimum absolute atomic E-state index is 0.122. The number of hydrogen-bond donors (Lipinski definition) is 2. The van der Waals surface area contributed by atoms with E-state index < -0.39 is 6.36 Å². The zero-order valence-electron chi connectivity index (χ0n) is 14.1. The monoisotopic (exact) mass is 374 g/mol. The second-order valence-electron chi connectivity index (χ2n) is 5.83. The predicted octanol–water partition coefficient (Wildman–Crippen LogP) is 4.79. The van der Waals surface area contributed by atoms with Crippen LogP contribution in [-0.2, 0) is 0 Å². The molecular weight excluding hydrogens is 357 g/mol. The van der Waals surface area contributed by atoms with E-state index in [1.807, 2.05) is 30.3 Å². The number of pyridine rings is 1. The number of alkyl halides is 3. The Bertz CT molecular complexity index is 886. The van der Waals surface area contributed by atoms with Crippen molar-refractivity contribution in [2.45, 2.75) is 12.4 Å². The third-order valence-corrected chi connectivity index (χ3v) is 3.86. The van der Waals surface area contributed by atoms with Gasteiger partial charge in [0.15, 0.2) is 0 Å². The fourth-order valence-electron chi connectivity index (χ4n) is 2.67. The van der Waals surface area contributed by atoms with E-state index in [-0.39, 0.29) is 18.4 Å². The Morgan fingerprint density at radius 1 is 0.963 bits per heavy atom. The minimum Gasteiger partial charge on any atom is -0.406 e. The van der Waals surface area contributed by atoms with Gasteiger partial charge in [0, 0.05) is 18.0 Å². The number of rotatable bonds is 6. The number of aromatic nitrogens is 1. The van der Waals surface area contributed by atoms with Crippen molar-refractivity contribution in [2.75, 3.05) is 11.9 Å². The van der Waals surface area contributed by atoms with Crippen molar-refractivity contribution >= 4 is 5.69 Å². The van der Waals surface area contributed by atoms with Crippen LogP contribution in [0.1, 0.15) is 11.6 Å². The Balaban J connectivity index is 1.82. The number of halogens is 3. The van der Waals surface area contributed by atoms with Crippen molar-refractivity contribution in [3.05, 3.63) is 78.6 Å². The summed E-state index contributed by atoms with van der Waals surface area (Å²) in [7, 11) is 0. The number of hydrogen-bond acceptors (Lipinski definition) is 4. The molecule has 0 aliphatic carbocycles. The van der Waals surface area contributed by atoms with E-state index in [1.54, 1.807) is 24.5 Å². The molecule has 2 N–H and O–H groups in total. The maximum atomic E-state index is 12.4. The van der Waals surface area contributed by atoms with Crippen LogP contribution in [0, 0.1) is 0 Å². The SMILES string of the molecule is OC[C@H](Nc1cncc(-c2cccc(OC(F)(F)F)c2)c1)c1ccccc1. The Kier molecular flexibility index (Phi) is 5.61. The highest BCUT2D eigenvalue weighted by atomic mass is 19.4. The number of aliphatic hydroxyl groups excluding tert-OH is 1. The molecule has 4 nitrogen and oxygen atoms in total. The second kappa shape index (κ2) is 8.09. The molecule has 7 heteroatoms. The van der Waals surface area contributed by atoms with Crippen LogP contribution in [-0.4, -0.2) is 23.1 Å². The molecule has 0 amide bonds. The maximum absolute atomic E-state index is 12.4. The third kappa shape index (κ3) is 5.21. The Morgan fingerprint density at radius 3 is 2.44 bits per heavy atom. The molecular formula is C20H17F3N2O2. The standard InChI is InChI=1S/C20H17F3N2O2/c21-20(22,23)27-18-8-4-7-15(10-18)16-9-17(12-24-11-16)25-19(13-26)14-5-2-1-3-6-14/h1-12,19,25-26H,13H2/t19-/m0/s1. The highest BCUT2D eigenvalue weighted by Crippen LogP contribution is 2.29. The van der Waals surface area contributed by atoms with E-state index in [4.69, 9.17) is 0 Å². The first-order chi connectivity index (χ1) is 12.9. The number of aliphatic hydroxyl groups is 1. The molecule has 0 unspecified atom stereocenters. The van der Waals surface area contributed by atoms with Crippen LogP contribution in [0.25, 0.3) is 11.1 Å². The van der Waals surface area contributed by atoms with Gasteiger partial charge >= 0.3 is 6.36 Å². The molecule has 1 aromatic heterocycles. The van der Waals surface area contributed by atoms with Crippen LogP contribution in [0.3, 0.4) is 0 Å². The van der Waals surface area contributed by atoms with Gasteiger partial charge in [0.25, 0.3) is 0 Å². The first kappa shape index (κ1) is 18.7. The summed E-state index contributed by atoms with van der Waals surface area (Å²) in [5, 5.41) is 12.8. The van der Waals surface area contributed by atoms with Crippen LogP contribution in [0.15, 0.2) is 73.1 Å². The van der Waals surface area contributed by atoms with Crippen LogP contribution >= 0.6 is 0 Å². The zero-order chi connectivity index (χ0) is 19.3. The van der Waals surface area contributed by atoms with Gasteiger partial charge in [-0.2, -0.15) is 0 Å². The summed E-state index contributed by atoms with van der Waals surface area (Å²) in [6.07, 6.45) is -1.61. The smallest absolute Gasteiger partial charge is 0.406 e. The fourth-order valence-corrected chi connectivity index (χ4v) is 2.67.